The Bertz CT molecular complexity index is 1690. The van der Waals surface area contributed by atoms with Crippen LogP contribution in [0.5, 0.6) is 0 Å². The molecule has 2 heterocycles. The Kier molecular flexibility index (Phi) is 3.37. The number of para-hydroxylation sites is 1. The molecule has 0 amide bonds. The zero-order valence-electron chi connectivity index (χ0n) is 18.1. The highest BCUT2D eigenvalue weighted by Crippen LogP contribution is 2.53. The van der Waals surface area contributed by atoms with Crippen LogP contribution in [-0.4, -0.2) is 9.55 Å². The molecule has 0 radical (unpaired) electrons. The van der Waals surface area contributed by atoms with Crippen LogP contribution in [0, 0.1) is 0 Å². The first-order valence-corrected chi connectivity index (χ1v) is 11.2. The second-order valence-electron chi connectivity index (χ2n) is 9.31. The molecule has 0 N–H and O–H groups in total. The van der Waals surface area contributed by atoms with Crippen LogP contribution in [0.3, 0.4) is 0 Å². The summed E-state index contributed by atoms with van der Waals surface area (Å²) < 4.78 is 2.38. The molecule has 4 aromatic carbocycles. The summed E-state index contributed by atoms with van der Waals surface area (Å²) >= 11 is 0. The van der Waals surface area contributed by atoms with Gasteiger partial charge in [0.25, 0.3) is 0 Å². The highest BCUT2D eigenvalue weighted by molar-refractivity contribution is 6.12. The number of rotatable bonds is 1. The van der Waals surface area contributed by atoms with Crippen LogP contribution in [-0.2, 0) is 5.41 Å². The van der Waals surface area contributed by atoms with Crippen molar-refractivity contribution in [3.05, 3.63) is 108 Å². The third-order valence-electron chi connectivity index (χ3n) is 7.25. The predicted octanol–water partition coefficient (Wildman–Crippen LogP) is 7.64. The monoisotopic (exact) mass is 410 g/mol. The summed E-state index contributed by atoms with van der Waals surface area (Å²) in [6, 6.07) is 31.1. The van der Waals surface area contributed by atoms with Crippen LogP contribution >= 0.6 is 0 Å². The van der Waals surface area contributed by atoms with Gasteiger partial charge < -0.3 is 4.57 Å². The van der Waals surface area contributed by atoms with Gasteiger partial charge in [-0.05, 0) is 63.4 Å². The number of aromatic nitrogens is 2. The lowest BCUT2D eigenvalue weighted by molar-refractivity contribution is 0.667. The average molecular weight is 411 g/mol. The van der Waals surface area contributed by atoms with E-state index in [9.17, 15) is 0 Å². The molecule has 0 spiro atoms. The number of pyridine rings is 1. The van der Waals surface area contributed by atoms with E-state index in [4.69, 9.17) is 0 Å². The van der Waals surface area contributed by atoms with E-state index in [0.717, 1.165) is 5.69 Å². The van der Waals surface area contributed by atoms with Gasteiger partial charge in [-0.2, -0.15) is 0 Å². The van der Waals surface area contributed by atoms with E-state index in [1.807, 2.05) is 12.4 Å². The van der Waals surface area contributed by atoms with Crippen LogP contribution in [0.2, 0.25) is 0 Å². The van der Waals surface area contributed by atoms with E-state index in [0.29, 0.717) is 0 Å². The SMILES string of the molecule is CC1(C)c2cc3c(cc2-c2ccc4ccccc4c21)c1ccccc1n3-c1ccncc1. The minimum absolute atomic E-state index is 0.0702. The summed E-state index contributed by atoms with van der Waals surface area (Å²) in [5.41, 5.74) is 9.12. The maximum atomic E-state index is 4.24. The van der Waals surface area contributed by atoms with Crippen molar-refractivity contribution in [2.24, 2.45) is 0 Å². The van der Waals surface area contributed by atoms with Gasteiger partial charge in [-0.3, -0.25) is 4.98 Å². The minimum atomic E-state index is -0.0702. The molecule has 0 aliphatic heterocycles. The van der Waals surface area contributed by atoms with E-state index >= 15 is 0 Å². The molecule has 0 bridgehead atoms. The van der Waals surface area contributed by atoms with Crippen LogP contribution in [0.1, 0.15) is 25.0 Å². The minimum Gasteiger partial charge on any atom is -0.309 e. The summed E-state index contributed by atoms with van der Waals surface area (Å²) in [5, 5.41) is 5.25. The maximum Gasteiger partial charge on any atom is 0.0544 e. The van der Waals surface area contributed by atoms with Crippen molar-refractivity contribution >= 4 is 32.6 Å². The molecule has 0 saturated heterocycles. The van der Waals surface area contributed by atoms with E-state index in [1.165, 1.54) is 54.8 Å². The Hall–Kier alpha value is -3.91. The Balaban J connectivity index is 1.63. The summed E-state index contributed by atoms with van der Waals surface area (Å²) in [6.07, 6.45) is 3.74. The van der Waals surface area contributed by atoms with E-state index in [1.54, 1.807) is 0 Å². The third kappa shape index (κ3) is 2.17. The normalized spacial score (nSPS) is 14.2. The van der Waals surface area contributed by atoms with Crippen molar-refractivity contribution < 1.29 is 0 Å². The first kappa shape index (κ1) is 17.7. The Morgan fingerprint density at radius 2 is 1.41 bits per heavy atom. The first-order chi connectivity index (χ1) is 15.6. The topological polar surface area (TPSA) is 17.8 Å². The molecule has 6 aromatic rings. The number of nitrogens with zero attached hydrogens (tertiary/aromatic N) is 2. The van der Waals surface area contributed by atoms with Crippen LogP contribution in [0.4, 0.5) is 0 Å². The van der Waals surface area contributed by atoms with Crippen LogP contribution in [0.25, 0.3) is 49.4 Å². The van der Waals surface area contributed by atoms with Gasteiger partial charge in [-0.1, -0.05) is 68.4 Å². The van der Waals surface area contributed by atoms with Gasteiger partial charge in [-0.25, -0.2) is 0 Å². The molecule has 0 saturated carbocycles. The zero-order valence-corrected chi connectivity index (χ0v) is 18.1. The summed E-state index contributed by atoms with van der Waals surface area (Å²) in [5.74, 6) is 0. The maximum absolute atomic E-state index is 4.24. The molecule has 0 unspecified atom stereocenters. The van der Waals surface area contributed by atoms with Crippen LogP contribution in [0.15, 0.2) is 97.3 Å². The van der Waals surface area contributed by atoms with Gasteiger partial charge in [0, 0.05) is 34.3 Å². The first-order valence-electron chi connectivity index (χ1n) is 11.2. The Morgan fingerprint density at radius 3 is 2.25 bits per heavy atom. The van der Waals surface area contributed by atoms with Crippen molar-refractivity contribution in [1.82, 2.24) is 9.55 Å². The average Bonchev–Trinajstić information content (AvgIpc) is 3.27. The number of hydrogen-bond acceptors (Lipinski definition) is 1. The molecule has 7 rings (SSSR count). The van der Waals surface area contributed by atoms with Gasteiger partial charge in [-0.15, -0.1) is 0 Å². The lowest BCUT2D eigenvalue weighted by Crippen LogP contribution is -2.15. The fourth-order valence-electron chi connectivity index (χ4n) is 5.83. The van der Waals surface area contributed by atoms with E-state index in [2.05, 4.69) is 108 Å². The van der Waals surface area contributed by atoms with Gasteiger partial charge in [0.1, 0.15) is 0 Å². The molecule has 2 nitrogen and oxygen atoms in total. The summed E-state index contributed by atoms with van der Waals surface area (Å²) in [6.45, 7) is 4.74. The predicted molar refractivity (Wildman–Crippen MR) is 134 cm³/mol. The molecular formula is C30H22N2. The van der Waals surface area contributed by atoms with Crippen molar-refractivity contribution in [2.75, 3.05) is 0 Å². The molecule has 0 fully saturated rings. The number of fused-ring (bicyclic) bond motifs is 8. The third-order valence-corrected chi connectivity index (χ3v) is 7.25. The molecular weight excluding hydrogens is 388 g/mol. The molecule has 152 valence electrons. The van der Waals surface area contributed by atoms with Crippen molar-refractivity contribution in [3.8, 4) is 16.8 Å². The second-order valence-corrected chi connectivity index (χ2v) is 9.31. The van der Waals surface area contributed by atoms with Crippen molar-refractivity contribution in [2.45, 2.75) is 19.3 Å². The smallest absolute Gasteiger partial charge is 0.0544 e. The van der Waals surface area contributed by atoms with Gasteiger partial charge in [0.05, 0.1) is 11.0 Å². The lowest BCUT2D eigenvalue weighted by atomic mass is 9.80. The molecule has 2 heteroatoms. The zero-order chi connectivity index (χ0) is 21.4. The highest BCUT2D eigenvalue weighted by Gasteiger charge is 2.37. The second kappa shape index (κ2) is 6.08. The molecule has 1 aliphatic rings. The largest absolute Gasteiger partial charge is 0.309 e. The standard InChI is InChI=1S/C30H22N2/c1-30(2)26-18-28-25(17-24(26)23-12-11-19-7-3-4-8-21(19)29(23)30)22-9-5-6-10-27(22)32(28)20-13-15-31-16-14-20/h3-18H,1-2H3. The highest BCUT2D eigenvalue weighted by atomic mass is 15.0. The fraction of sp³-hybridized carbons (Fsp3) is 0.100. The number of benzene rings is 4. The van der Waals surface area contributed by atoms with Crippen LogP contribution < -0.4 is 0 Å². The fourth-order valence-corrected chi connectivity index (χ4v) is 5.83. The molecule has 2 aromatic heterocycles. The lowest BCUT2D eigenvalue weighted by Gasteiger charge is -2.23. The van der Waals surface area contributed by atoms with Gasteiger partial charge in [0.15, 0.2) is 0 Å². The number of hydrogen-bond donors (Lipinski definition) is 0. The summed E-state index contributed by atoms with van der Waals surface area (Å²) in [4.78, 5) is 4.24. The van der Waals surface area contributed by atoms with E-state index < -0.39 is 0 Å². The molecule has 32 heavy (non-hydrogen) atoms. The molecule has 0 atom stereocenters. The van der Waals surface area contributed by atoms with E-state index in [-0.39, 0.29) is 5.41 Å². The Morgan fingerprint density at radius 1 is 0.656 bits per heavy atom. The van der Waals surface area contributed by atoms with Crippen molar-refractivity contribution in [3.63, 3.8) is 0 Å². The molecule has 1 aliphatic carbocycles. The Labute approximate surface area is 186 Å². The van der Waals surface area contributed by atoms with Crippen molar-refractivity contribution in [1.29, 1.82) is 0 Å². The summed E-state index contributed by atoms with van der Waals surface area (Å²) in [7, 11) is 0. The quantitative estimate of drug-likeness (QED) is 0.272. The van der Waals surface area contributed by atoms with Gasteiger partial charge in [0.2, 0.25) is 0 Å². The van der Waals surface area contributed by atoms with Gasteiger partial charge >= 0.3 is 0 Å².